The number of aliphatic hydroxyl groups excluding tert-OH is 1. The van der Waals surface area contributed by atoms with Crippen molar-refractivity contribution >= 4 is 0 Å². The van der Waals surface area contributed by atoms with E-state index in [-0.39, 0.29) is 11.9 Å². The molecule has 1 aromatic heterocycles. The van der Waals surface area contributed by atoms with Crippen LogP contribution in [0.25, 0.3) is 11.3 Å². The van der Waals surface area contributed by atoms with Crippen molar-refractivity contribution in [2.45, 2.75) is 45.8 Å². The van der Waals surface area contributed by atoms with Crippen LogP contribution >= 0.6 is 0 Å². The van der Waals surface area contributed by atoms with E-state index in [0.29, 0.717) is 11.8 Å². The molecule has 0 aliphatic carbocycles. The fourth-order valence-electron chi connectivity index (χ4n) is 3.71. The van der Waals surface area contributed by atoms with Crippen molar-refractivity contribution < 1.29 is 9.50 Å². The van der Waals surface area contributed by atoms with E-state index in [0.717, 1.165) is 55.7 Å². The van der Waals surface area contributed by atoms with Gasteiger partial charge in [-0.15, -0.1) is 0 Å². The highest BCUT2D eigenvalue weighted by Crippen LogP contribution is 2.27. The second-order valence-electron chi connectivity index (χ2n) is 7.59. The largest absolute Gasteiger partial charge is 0.393 e. The van der Waals surface area contributed by atoms with Crippen LogP contribution in [0.15, 0.2) is 30.5 Å². The highest BCUT2D eigenvalue weighted by Gasteiger charge is 2.26. The molecule has 5 heteroatoms. The van der Waals surface area contributed by atoms with Crippen molar-refractivity contribution in [3.63, 3.8) is 0 Å². The predicted molar refractivity (Wildman–Crippen MR) is 97.4 cm³/mol. The SMILES string of the molecule is CC(C)CC(O)C1CCN(Cc2cn[nH]c2-c2ccc(F)cc2)CC1. The first-order valence-electron chi connectivity index (χ1n) is 9.21. The van der Waals surface area contributed by atoms with Crippen LogP contribution in [0.2, 0.25) is 0 Å². The number of aromatic nitrogens is 2. The Balaban J connectivity index is 1.58. The number of H-pyrrole nitrogens is 1. The van der Waals surface area contributed by atoms with Crippen molar-refractivity contribution in [2.24, 2.45) is 11.8 Å². The quantitative estimate of drug-likeness (QED) is 0.836. The van der Waals surface area contributed by atoms with E-state index in [2.05, 4.69) is 28.9 Å². The Hall–Kier alpha value is -1.72. The zero-order valence-electron chi connectivity index (χ0n) is 15.1. The Bertz CT molecular complexity index is 660. The molecule has 2 N–H and O–H groups in total. The minimum absolute atomic E-state index is 0.175. The van der Waals surface area contributed by atoms with E-state index < -0.39 is 0 Å². The highest BCUT2D eigenvalue weighted by molar-refractivity contribution is 5.62. The summed E-state index contributed by atoms with van der Waals surface area (Å²) in [5.74, 6) is 0.726. The molecule has 136 valence electrons. The minimum Gasteiger partial charge on any atom is -0.393 e. The van der Waals surface area contributed by atoms with Crippen molar-refractivity contribution in [3.05, 3.63) is 41.8 Å². The first-order chi connectivity index (χ1) is 12.0. The number of hydrogen-bond acceptors (Lipinski definition) is 3. The van der Waals surface area contributed by atoms with Gasteiger partial charge in [-0.2, -0.15) is 5.10 Å². The lowest BCUT2D eigenvalue weighted by atomic mass is 9.87. The normalized spacial score (nSPS) is 18.0. The first kappa shape index (κ1) is 18.1. The van der Waals surface area contributed by atoms with Gasteiger partial charge in [-0.05, 0) is 68.5 Å². The van der Waals surface area contributed by atoms with E-state index >= 15 is 0 Å². The summed E-state index contributed by atoms with van der Waals surface area (Å²) >= 11 is 0. The molecule has 1 aromatic carbocycles. The molecule has 3 rings (SSSR count). The Kier molecular flexibility index (Phi) is 5.86. The fraction of sp³-hybridized carbons (Fsp3) is 0.550. The molecule has 1 saturated heterocycles. The summed E-state index contributed by atoms with van der Waals surface area (Å²) < 4.78 is 13.1. The van der Waals surface area contributed by atoms with Gasteiger partial charge in [-0.3, -0.25) is 10.00 Å². The number of nitrogens with one attached hydrogen (secondary N) is 1. The molecule has 1 atom stereocenters. The van der Waals surface area contributed by atoms with E-state index in [1.54, 1.807) is 12.1 Å². The van der Waals surface area contributed by atoms with Gasteiger partial charge >= 0.3 is 0 Å². The molecule has 4 nitrogen and oxygen atoms in total. The average Bonchev–Trinajstić information content (AvgIpc) is 3.03. The van der Waals surface area contributed by atoms with E-state index in [9.17, 15) is 9.50 Å². The first-order valence-corrected chi connectivity index (χ1v) is 9.21. The summed E-state index contributed by atoms with van der Waals surface area (Å²) in [4.78, 5) is 2.41. The van der Waals surface area contributed by atoms with Crippen LogP contribution in [-0.4, -0.2) is 39.4 Å². The Morgan fingerprint density at radius 3 is 2.56 bits per heavy atom. The number of aliphatic hydroxyl groups is 1. The van der Waals surface area contributed by atoms with Crippen LogP contribution in [0.3, 0.4) is 0 Å². The smallest absolute Gasteiger partial charge is 0.123 e. The van der Waals surface area contributed by atoms with Crippen molar-refractivity contribution in [3.8, 4) is 11.3 Å². The van der Waals surface area contributed by atoms with E-state index in [4.69, 9.17) is 0 Å². The molecule has 0 spiro atoms. The number of likely N-dealkylation sites (tertiary alicyclic amines) is 1. The van der Waals surface area contributed by atoms with E-state index in [1.807, 2.05) is 6.20 Å². The summed E-state index contributed by atoms with van der Waals surface area (Å²) in [5, 5.41) is 17.6. The van der Waals surface area contributed by atoms with Gasteiger partial charge in [0.2, 0.25) is 0 Å². The van der Waals surface area contributed by atoms with Gasteiger partial charge in [-0.1, -0.05) is 13.8 Å². The zero-order valence-corrected chi connectivity index (χ0v) is 15.1. The van der Waals surface area contributed by atoms with Gasteiger partial charge in [0, 0.05) is 17.7 Å². The molecular formula is C20H28FN3O. The van der Waals surface area contributed by atoms with Crippen LogP contribution in [-0.2, 0) is 6.54 Å². The van der Waals surface area contributed by atoms with Crippen LogP contribution in [0.1, 0.15) is 38.7 Å². The minimum atomic E-state index is -0.230. The van der Waals surface area contributed by atoms with Gasteiger partial charge in [0.25, 0.3) is 0 Å². The average molecular weight is 345 g/mol. The van der Waals surface area contributed by atoms with Crippen molar-refractivity contribution in [1.29, 1.82) is 0 Å². The molecule has 1 unspecified atom stereocenters. The number of nitrogens with zero attached hydrogens (tertiary/aromatic N) is 2. The number of piperidine rings is 1. The molecule has 2 aromatic rings. The van der Waals surface area contributed by atoms with Crippen LogP contribution in [0.4, 0.5) is 4.39 Å². The third kappa shape index (κ3) is 4.67. The molecule has 1 fully saturated rings. The molecule has 25 heavy (non-hydrogen) atoms. The van der Waals surface area contributed by atoms with Gasteiger partial charge in [-0.25, -0.2) is 4.39 Å². The lowest BCUT2D eigenvalue weighted by molar-refractivity contribution is 0.0437. The van der Waals surface area contributed by atoms with E-state index in [1.165, 1.54) is 12.1 Å². The predicted octanol–water partition coefficient (Wildman–Crippen LogP) is 3.83. The van der Waals surface area contributed by atoms with Gasteiger partial charge in [0.1, 0.15) is 5.82 Å². The molecule has 0 amide bonds. The Morgan fingerprint density at radius 2 is 1.92 bits per heavy atom. The van der Waals surface area contributed by atoms with Crippen molar-refractivity contribution in [2.75, 3.05) is 13.1 Å². The highest BCUT2D eigenvalue weighted by atomic mass is 19.1. The third-order valence-electron chi connectivity index (χ3n) is 5.13. The monoisotopic (exact) mass is 345 g/mol. The summed E-state index contributed by atoms with van der Waals surface area (Å²) in [6, 6.07) is 6.50. The molecule has 0 radical (unpaired) electrons. The molecule has 1 aliphatic heterocycles. The third-order valence-corrected chi connectivity index (χ3v) is 5.13. The van der Waals surface area contributed by atoms with Gasteiger partial charge in [0.15, 0.2) is 0 Å². The Labute approximate surface area is 149 Å². The molecular weight excluding hydrogens is 317 g/mol. The standard InChI is InChI=1S/C20H28FN3O/c1-14(2)11-19(25)15-7-9-24(10-8-15)13-17-12-22-23-20(17)16-3-5-18(21)6-4-16/h3-6,12,14-15,19,25H,7-11,13H2,1-2H3,(H,22,23). The zero-order chi connectivity index (χ0) is 17.8. The molecule has 2 heterocycles. The molecule has 0 bridgehead atoms. The summed E-state index contributed by atoms with van der Waals surface area (Å²) in [6.45, 7) is 7.14. The maximum Gasteiger partial charge on any atom is 0.123 e. The van der Waals surface area contributed by atoms with Crippen molar-refractivity contribution in [1.82, 2.24) is 15.1 Å². The maximum atomic E-state index is 13.1. The topological polar surface area (TPSA) is 52.1 Å². The summed E-state index contributed by atoms with van der Waals surface area (Å²) in [6.07, 6.45) is 4.65. The van der Waals surface area contributed by atoms with Crippen LogP contribution in [0, 0.1) is 17.7 Å². The van der Waals surface area contributed by atoms with Gasteiger partial charge < -0.3 is 5.11 Å². The number of rotatable bonds is 6. The van der Waals surface area contributed by atoms with Crippen LogP contribution in [0.5, 0.6) is 0 Å². The second kappa shape index (κ2) is 8.11. The number of halogens is 1. The number of benzene rings is 1. The second-order valence-corrected chi connectivity index (χ2v) is 7.59. The number of hydrogen-bond donors (Lipinski definition) is 2. The fourth-order valence-corrected chi connectivity index (χ4v) is 3.71. The number of aromatic amines is 1. The van der Waals surface area contributed by atoms with Gasteiger partial charge in [0.05, 0.1) is 18.0 Å². The summed E-state index contributed by atoms with van der Waals surface area (Å²) in [5.41, 5.74) is 3.05. The lowest BCUT2D eigenvalue weighted by Gasteiger charge is -2.34. The summed E-state index contributed by atoms with van der Waals surface area (Å²) in [7, 11) is 0. The molecule has 0 saturated carbocycles. The molecule has 1 aliphatic rings. The maximum absolute atomic E-state index is 13.1. The lowest BCUT2D eigenvalue weighted by Crippen LogP contribution is -2.37. The van der Waals surface area contributed by atoms with Crippen LogP contribution < -0.4 is 0 Å². The Morgan fingerprint density at radius 1 is 1.24 bits per heavy atom.